The van der Waals surface area contributed by atoms with E-state index in [9.17, 15) is 4.79 Å². The SMILES string of the molecule is Cc1cc(C)cc(Nc2nccc(-c3cc(C(=O)NCCN4CCCC4)n(C)n3)n2)c1. The van der Waals surface area contributed by atoms with Gasteiger partial charge in [-0.25, -0.2) is 9.97 Å². The van der Waals surface area contributed by atoms with E-state index in [2.05, 4.69) is 50.5 Å². The minimum Gasteiger partial charge on any atom is -0.349 e. The third-order valence-electron chi connectivity index (χ3n) is 5.42. The first-order valence-corrected chi connectivity index (χ1v) is 10.7. The second-order valence-electron chi connectivity index (χ2n) is 8.11. The third kappa shape index (κ3) is 5.27. The Morgan fingerprint density at radius 3 is 2.55 bits per heavy atom. The lowest BCUT2D eigenvalue weighted by Gasteiger charge is -2.14. The van der Waals surface area contributed by atoms with E-state index in [-0.39, 0.29) is 5.91 Å². The van der Waals surface area contributed by atoms with Gasteiger partial charge >= 0.3 is 0 Å². The topological polar surface area (TPSA) is 88.0 Å². The number of hydrogen-bond acceptors (Lipinski definition) is 6. The highest BCUT2D eigenvalue weighted by molar-refractivity contribution is 5.93. The van der Waals surface area contributed by atoms with Crippen LogP contribution in [0.15, 0.2) is 36.5 Å². The van der Waals surface area contributed by atoms with Crippen molar-refractivity contribution in [2.24, 2.45) is 7.05 Å². The molecule has 0 spiro atoms. The quantitative estimate of drug-likeness (QED) is 0.612. The van der Waals surface area contributed by atoms with Crippen LogP contribution in [0.25, 0.3) is 11.4 Å². The fraction of sp³-hybridized carbons (Fsp3) is 0.391. The molecule has 3 aromatic rings. The number of aromatic nitrogens is 4. The highest BCUT2D eigenvalue weighted by atomic mass is 16.2. The van der Waals surface area contributed by atoms with Gasteiger partial charge in [0, 0.05) is 32.0 Å². The molecule has 1 aromatic carbocycles. The van der Waals surface area contributed by atoms with Crippen LogP contribution in [0.3, 0.4) is 0 Å². The van der Waals surface area contributed by atoms with E-state index in [1.165, 1.54) is 24.0 Å². The van der Waals surface area contributed by atoms with Gasteiger partial charge in [0.15, 0.2) is 0 Å². The van der Waals surface area contributed by atoms with Crippen molar-refractivity contribution in [2.75, 3.05) is 31.5 Å². The van der Waals surface area contributed by atoms with Crippen LogP contribution >= 0.6 is 0 Å². The molecule has 2 N–H and O–H groups in total. The molecule has 2 aromatic heterocycles. The van der Waals surface area contributed by atoms with Crippen LogP contribution in [0.4, 0.5) is 11.6 Å². The number of likely N-dealkylation sites (tertiary alicyclic amines) is 1. The molecule has 1 aliphatic heterocycles. The Hall–Kier alpha value is -3.26. The van der Waals surface area contributed by atoms with E-state index in [1.54, 1.807) is 30.1 Å². The zero-order chi connectivity index (χ0) is 21.8. The number of amides is 1. The van der Waals surface area contributed by atoms with Crippen molar-refractivity contribution in [1.82, 2.24) is 30.0 Å². The predicted octanol–water partition coefficient (Wildman–Crippen LogP) is 3.06. The van der Waals surface area contributed by atoms with E-state index in [4.69, 9.17) is 0 Å². The van der Waals surface area contributed by atoms with Crippen LogP contribution < -0.4 is 10.6 Å². The van der Waals surface area contributed by atoms with Crippen LogP contribution in [0, 0.1) is 13.8 Å². The molecule has 3 heterocycles. The Labute approximate surface area is 182 Å². The highest BCUT2D eigenvalue weighted by Crippen LogP contribution is 2.21. The van der Waals surface area contributed by atoms with Gasteiger partial charge in [-0.1, -0.05) is 6.07 Å². The maximum Gasteiger partial charge on any atom is 0.269 e. The van der Waals surface area contributed by atoms with Crippen molar-refractivity contribution in [3.63, 3.8) is 0 Å². The van der Waals surface area contributed by atoms with Crippen molar-refractivity contribution in [1.29, 1.82) is 0 Å². The van der Waals surface area contributed by atoms with E-state index in [0.29, 0.717) is 29.6 Å². The average molecular weight is 420 g/mol. The minimum atomic E-state index is -0.122. The normalized spacial score (nSPS) is 14.0. The molecular formula is C23H29N7O. The van der Waals surface area contributed by atoms with Gasteiger partial charge in [0.1, 0.15) is 11.4 Å². The highest BCUT2D eigenvalue weighted by Gasteiger charge is 2.16. The Balaban J connectivity index is 1.44. The lowest BCUT2D eigenvalue weighted by Crippen LogP contribution is -2.34. The van der Waals surface area contributed by atoms with Crippen LogP contribution in [-0.2, 0) is 7.05 Å². The molecule has 1 saturated heterocycles. The molecule has 0 atom stereocenters. The fourth-order valence-electron chi connectivity index (χ4n) is 3.97. The van der Waals surface area contributed by atoms with Gasteiger partial charge in [0.2, 0.25) is 5.95 Å². The van der Waals surface area contributed by atoms with Gasteiger partial charge < -0.3 is 15.5 Å². The number of benzene rings is 1. The number of carbonyl (C=O) groups excluding carboxylic acids is 1. The lowest BCUT2D eigenvalue weighted by atomic mass is 10.1. The smallest absolute Gasteiger partial charge is 0.269 e. The molecule has 0 radical (unpaired) electrons. The molecule has 8 nitrogen and oxygen atoms in total. The second kappa shape index (κ2) is 9.26. The number of hydrogen-bond donors (Lipinski definition) is 2. The first-order valence-electron chi connectivity index (χ1n) is 10.7. The summed E-state index contributed by atoms with van der Waals surface area (Å²) in [5.74, 6) is 0.368. The van der Waals surface area contributed by atoms with Crippen molar-refractivity contribution in [3.8, 4) is 11.4 Å². The van der Waals surface area contributed by atoms with Crippen molar-refractivity contribution in [3.05, 3.63) is 53.3 Å². The van der Waals surface area contributed by atoms with Crippen molar-refractivity contribution >= 4 is 17.5 Å². The molecule has 0 unspecified atom stereocenters. The van der Waals surface area contributed by atoms with E-state index < -0.39 is 0 Å². The molecule has 1 aliphatic rings. The maximum atomic E-state index is 12.6. The van der Waals surface area contributed by atoms with E-state index in [1.807, 2.05) is 12.1 Å². The van der Waals surface area contributed by atoms with Gasteiger partial charge in [-0.05, 0) is 75.2 Å². The Morgan fingerprint density at radius 1 is 1.06 bits per heavy atom. The molecule has 0 saturated carbocycles. The maximum absolute atomic E-state index is 12.6. The second-order valence-corrected chi connectivity index (χ2v) is 8.11. The number of nitrogens with zero attached hydrogens (tertiary/aromatic N) is 5. The van der Waals surface area contributed by atoms with Gasteiger partial charge in [-0.2, -0.15) is 5.10 Å². The monoisotopic (exact) mass is 419 g/mol. The van der Waals surface area contributed by atoms with Crippen molar-refractivity contribution < 1.29 is 4.79 Å². The van der Waals surface area contributed by atoms with Gasteiger partial charge in [0.05, 0.1) is 5.69 Å². The Kier molecular flexibility index (Phi) is 6.27. The standard InChI is InChI=1S/C23H29N7O/c1-16-12-17(2)14-18(13-16)26-23-25-7-6-19(27-23)20-15-21(29(3)28-20)22(31)24-8-11-30-9-4-5-10-30/h6-7,12-15H,4-5,8-11H2,1-3H3,(H,24,31)(H,25,26,27). The summed E-state index contributed by atoms with van der Waals surface area (Å²) >= 11 is 0. The first-order chi connectivity index (χ1) is 15.0. The summed E-state index contributed by atoms with van der Waals surface area (Å²) < 4.78 is 1.60. The number of nitrogens with one attached hydrogen (secondary N) is 2. The molecule has 31 heavy (non-hydrogen) atoms. The largest absolute Gasteiger partial charge is 0.349 e. The first kappa shape index (κ1) is 21.0. The molecule has 4 rings (SSSR count). The molecule has 8 heteroatoms. The number of rotatable bonds is 7. The third-order valence-corrected chi connectivity index (χ3v) is 5.42. The van der Waals surface area contributed by atoms with Gasteiger partial charge in [0.25, 0.3) is 5.91 Å². The van der Waals surface area contributed by atoms with Gasteiger partial charge in [-0.3, -0.25) is 9.48 Å². The number of carbonyl (C=O) groups is 1. The van der Waals surface area contributed by atoms with E-state index >= 15 is 0 Å². The summed E-state index contributed by atoms with van der Waals surface area (Å²) in [4.78, 5) is 23.9. The van der Waals surface area contributed by atoms with Crippen LogP contribution in [0.1, 0.15) is 34.5 Å². The minimum absolute atomic E-state index is 0.122. The summed E-state index contributed by atoms with van der Waals surface area (Å²) in [5, 5.41) is 10.7. The summed E-state index contributed by atoms with van der Waals surface area (Å²) in [5.41, 5.74) is 5.09. The van der Waals surface area contributed by atoms with Crippen LogP contribution in [0.2, 0.25) is 0 Å². The Bertz CT molecular complexity index is 1050. The number of aryl methyl sites for hydroxylation is 3. The summed E-state index contributed by atoms with van der Waals surface area (Å²) in [7, 11) is 1.77. The summed E-state index contributed by atoms with van der Waals surface area (Å²) in [6, 6.07) is 9.79. The van der Waals surface area contributed by atoms with Crippen LogP contribution in [0.5, 0.6) is 0 Å². The molecule has 0 bridgehead atoms. The molecule has 0 aliphatic carbocycles. The fourth-order valence-corrected chi connectivity index (χ4v) is 3.97. The zero-order valence-electron chi connectivity index (χ0n) is 18.4. The zero-order valence-corrected chi connectivity index (χ0v) is 18.4. The van der Waals surface area contributed by atoms with Gasteiger partial charge in [-0.15, -0.1) is 0 Å². The van der Waals surface area contributed by atoms with E-state index in [0.717, 1.165) is 25.3 Å². The Morgan fingerprint density at radius 2 is 1.81 bits per heavy atom. The van der Waals surface area contributed by atoms with Crippen LogP contribution in [-0.4, -0.2) is 56.7 Å². The molecule has 1 amide bonds. The molecule has 162 valence electrons. The number of anilines is 2. The van der Waals surface area contributed by atoms with Crippen molar-refractivity contribution in [2.45, 2.75) is 26.7 Å². The lowest BCUT2D eigenvalue weighted by molar-refractivity contribution is 0.0940. The summed E-state index contributed by atoms with van der Waals surface area (Å²) in [6.45, 7) is 7.88. The average Bonchev–Trinajstić information content (AvgIpc) is 3.37. The molecule has 1 fully saturated rings. The molecular weight excluding hydrogens is 390 g/mol. The predicted molar refractivity (Wildman–Crippen MR) is 121 cm³/mol. The summed E-state index contributed by atoms with van der Waals surface area (Å²) in [6.07, 6.45) is 4.19.